The zero-order valence-corrected chi connectivity index (χ0v) is 28.7. The third-order valence-corrected chi connectivity index (χ3v) is 8.13. The molecule has 1 rings (SSSR count). The third kappa shape index (κ3) is 22.7. The van der Waals surface area contributed by atoms with Crippen LogP contribution in [-0.4, -0.2) is 47.8 Å². The van der Waals surface area contributed by atoms with Crippen LogP contribution in [0.5, 0.6) is 0 Å². The van der Waals surface area contributed by atoms with E-state index in [1.54, 1.807) is 12.1 Å². The van der Waals surface area contributed by atoms with Crippen molar-refractivity contribution in [3.8, 4) is 0 Å². The molecule has 0 bridgehead atoms. The summed E-state index contributed by atoms with van der Waals surface area (Å²) in [5.74, 6) is -0.690. The van der Waals surface area contributed by atoms with Crippen LogP contribution >= 0.6 is 0 Å². The largest absolute Gasteiger partial charge is 0.462 e. The van der Waals surface area contributed by atoms with Gasteiger partial charge >= 0.3 is 11.9 Å². The third-order valence-electron chi connectivity index (χ3n) is 8.13. The van der Waals surface area contributed by atoms with Gasteiger partial charge in [0.1, 0.15) is 12.3 Å². The minimum absolute atomic E-state index is 0.109. The number of aliphatic hydroxyl groups is 1. The lowest BCUT2D eigenvalue weighted by molar-refractivity contribution is -0.383. The Hall–Kier alpha value is -3.37. The Kier molecular flexibility index (Phi) is 25.5. The van der Waals surface area contributed by atoms with Crippen LogP contribution in [0.25, 0.3) is 10.4 Å². The molecule has 0 aliphatic carbocycles. The number of nitrogens with zero attached hydrogens (tertiary/aromatic N) is 4. The van der Waals surface area contributed by atoms with Crippen molar-refractivity contribution < 1.29 is 29.1 Å². The average molecular weight is 662 g/mol. The van der Waals surface area contributed by atoms with Gasteiger partial charge in [0, 0.05) is 36.1 Å². The van der Waals surface area contributed by atoms with Gasteiger partial charge < -0.3 is 19.9 Å². The van der Waals surface area contributed by atoms with E-state index in [1.807, 2.05) is 0 Å². The van der Waals surface area contributed by atoms with Crippen molar-refractivity contribution in [2.45, 2.75) is 154 Å². The zero-order chi connectivity index (χ0) is 34.4. The quantitative estimate of drug-likeness (QED) is 0.0150. The lowest BCUT2D eigenvalue weighted by Crippen LogP contribution is -2.28. The predicted molar refractivity (Wildman–Crippen MR) is 186 cm³/mol. The number of nitro benzene ring substituents is 1. The van der Waals surface area contributed by atoms with Gasteiger partial charge in [-0.05, 0) is 30.9 Å². The number of aliphatic hydroxyl groups excluding tert-OH is 1. The molecule has 0 radical (unpaired) electrons. The first kappa shape index (κ1) is 41.7. The van der Waals surface area contributed by atoms with Crippen molar-refractivity contribution in [2.75, 3.05) is 25.1 Å². The Labute approximate surface area is 281 Å². The fourth-order valence-electron chi connectivity index (χ4n) is 5.35. The first-order valence-electron chi connectivity index (χ1n) is 17.9. The van der Waals surface area contributed by atoms with Gasteiger partial charge in [-0.25, -0.2) is 0 Å². The summed E-state index contributed by atoms with van der Waals surface area (Å²) in [7, 11) is 0. The Morgan fingerprint density at radius 1 is 0.851 bits per heavy atom. The highest BCUT2D eigenvalue weighted by Gasteiger charge is 2.16. The molecule has 266 valence electrons. The van der Waals surface area contributed by atoms with E-state index in [0.717, 1.165) is 77.0 Å². The molecule has 1 atom stereocenters. The van der Waals surface area contributed by atoms with Crippen LogP contribution < -0.4 is 5.32 Å². The van der Waals surface area contributed by atoms with Crippen LogP contribution in [0, 0.1) is 10.1 Å². The molecule has 0 amide bonds. The molecule has 2 N–H and O–H groups in total. The number of rotatable bonds is 31. The fourth-order valence-corrected chi connectivity index (χ4v) is 5.35. The average Bonchev–Trinajstić information content (AvgIpc) is 3.06. The maximum atomic E-state index is 12.2. The first-order valence-corrected chi connectivity index (χ1v) is 17.9. The van der Waals surface area contributed by atoms with Crippen LogP contribution in [0.4, 0.5) is 17.1 Å². The monoisotopic (exact) mass is 661 g/mol. The normalized spacial score (nSPS) is 11.4. The number of carbonyl (C=O) groups is 2. The van der Waals surface area contributed by atoms with Gasteiger partial charge in [-0.2, -0.15) is 0 Å². The van der Waals surface area contributed by atoms with Crippen LogP contribution in [-0.2, 0) is 19.1 Å². The molecular weight excluding hydrogens is 602 g/mol. The maximum absolute atomic E-state index is 12.2. The summed E-state index contributed by atoms with van der Waals surface area (Å²) >= 11 is 0. The van der Waals surface area contributed by atoms with Gasteiger partial charge in [-0.1, -0.05) is 127 Å². The molecule has 1 aromatic carbocycles. The lowest BCUT2D eigenvalue weighted by Gasteiger charge is -2.15. The molecule has 1 unspecified atom stereocenters. The van der Waals surface area contributed by atoms with Crippen molar-refractivity contribution in [3.63, 3.8) is 0 Å². The lowest BCUT2D eigenvalue weighted by atomic mass is 10.1. The number of nitro groups is 1. The number of carbonyl (C=O) groups excluding carboxylic acids is 2. The SMILES string of the molecule is CCCCCCCCCCCCCC(=O)OCC(CO)OC(=O)CCCCCCCCCCCNc1ccc(N=[N+]=[N-])cc1[N+](=O)[O-]. The Morgan fingerprint density at radius 2 is 1.36 bits per heavy atom. The van der Waals surface area contributed by atoms with E-state index in [2.05, 4.69) is 22.3 Å². The highest BCUT2D eigenvalue weighted by Crippen LogP contribution is 2.29. The summed E-state index contributed by atoms with van der Waals surface area (Å²) in [5, 5.41) is 27.3. The molecule has 47 heavy (non-hydrogen) atoms. The van der Waals surface area contributed by atoms with Crippen molar-refractivity contribution in [3.05, 3.63) is 38.8 Å². The molecule has 0 aromatic heterocycles. The molecule has 12 nitrogen and oxygen atoms in total. The summed E-state index contributed by atoms with van der Waals surface area (Å²) in [5.41, 5.74) is 9.02. The van der Waals surface area contributed by atoms with E-state index in [9.17, 15) is 24.8 Å². The molecule has 0 heterocycles. The summed E-state index contributed by atoms with van der Waals surface area (Å²) < 4.78 is 10.5. The smallest absolute Gasteiger partial charge is 0.306 e. The molecule has 0 fully saturated rings. The number of unbranched alkanes of at least 4 members (excludes halogenated alkanes) is 18. The van der Waals surface area contributed by atoms with E-state index in [1.165, 1.54) is 57.4 Å². The second-order valence-corrected chi connectivity index (χ2v) is 12.3. The van der Waals surface area contributed by atoms with E-state index in [-0.39, 0.29) is 42.9 Å². The molecule has 0 spiro atoms. The number of hydrogen-bond donors (Lipinski definition) is 2. The topological polar surface area (TPSA) is 177 Å². The number of nitrogens with one attached hydrogen (secondary N) is 1. The minimum atomic E-state index is -0.821. The second-order valence-electron chi connectivity index (χ2n) is 12.3. The van der Waals surface area contributed by atoms with Crippen LogP contribution in [0.15, 0.2) is 23.3 Å². The van der Waals surface area contributed by atoms with Gasteiger partial charge in [0.2, 0.25) is 0 Å². The van der Waals surface area contributed by atoms with Crippen molar-refractivity contribution >= 4 is 29.0 Å². The molecular formula is C35H59N5O7. The van der Waals surface area contributed by atoms with E-state index in [0.29, 0.717) is 18.7 Å². The van der Waals surface area contributed by atoms with Crippen LogP contribution in [0.2, 0.25) is 0 Å². The molecule has 1 aromatic rings. The standard InChI is InChI=1S/C35H59N5O7/c1-2-3-4-5-6-7-8-10-13-16-19-22-34(42)46-29-31(28-41)47-35(43)23-20-17-14-11-9-12-15-18-21-26-37-32-25-24-30(38-39-36)27-33(32)40(44)45/h24-25,27,31,37,41H,2-23,26,28-29H2,1H3. The van der Waals surface area contributed by atoms with Gasteiger partial charge in [-0.15, -0.1) is 0 Å². The van der Waals surface area contributed by atoms with E-state index in [4.69, 9.17) is 15.0 Å². The summed E-state index contributed by atoms with van der Waals surface area (Å²) in [6.07, 6.45) is 22.1. The van der Waals surface area contributed by atoms with E-state index < -0.39 is 11.0 Å². The van der Waals surface area contributed by atoms with Crippen molar-refractivity contribution in [1.82, 2.24) is 0 Å². The van der Waals surface area contributed by atoms with Gasteiger partial charge in [-0.3, -0.25) is 19.7 Å². The van der Waals surface area contributed by atoms with Gasteiger partial charge in [0.05, 0.1) is 11.5 Å². The first-order chi connectivity index (χ1) is 22.9. The highest BCUT2D eigenvalue weighted by molar-refractivity contribution is 5.70. The number of benzene rings is 1. The Bertz CT molecular complexity index is 1050. The highest BCUT2D eigenvalue weighted by atomic mass is 16.6. The molecule has 0 saturated carbocycles. The van der Waals surface area contributed by atoms with Gasteiger partial charge in [0.25, 0.3) is 5.69 Å². The molecule has 12 heteroatoms. The number of esters is 2. The Balaban J connectivity index is 1.98. The number of anilines is 1. The Morgan fingerprint density at radius 3 is 1.87 bits per heavy atom. The maximum Gasteiger partial charge on any atom is 0.306 e. The second kappa shape index (κ2) is 28.8. The molecule has 0 aliphatic rings. The fraction of sp³-hybridized carbons (Fsp3) is 0.771. The number of azide groups is 1. The predicted octanol–water partition coefficient (Wildman–Crippen LogP) is 10.00. The zero-order valence-electron chi connectivity index (χ0n) is 28.7. The van der Waals surface area contributed by atoms with Crippen LogP contribution in [0.1, 0.15) is 148 Å². The summed E-state index contributed by atoms with van der Waals surface area (Å²) in [6.45, 7) is 2.37. The van der Waals surface area contributed by atoms with Crippen molar-refractivity contribution in [2.24, 2.45) is 5.11 Å². The van der Waals surface area contributed by atoms with Gasteiger partial charge in [0.15, 0.2) is 6.10 Å². The number of ether oxygens (including phenoxy) is 2. The summed E-state index contributed by atoms with van der Waals surface area (Å²) in [6, 6.07) is 4.37. The molecule has 0 saturated heterocycles. The van der Waals surface area contributed by atoms with E-state index >= 15 is 0 Å². The van der Waals surface area contributed by atoms with Crippen LogP contribution in [0.3, 0.4) is 0 Å². The minimum Gasteiger partial charge on any atom is -0.462 e. The number of hydrogen-bond acceptors (Lipinski definition) is 9. The van der Waals surface area contributed by atoms with Crippen molar-refractivity contribution in [1.29, 1.82) is 0 Å². The molecule has 0 aliphatic heterocycles. The summed E-state index contributed by atoms with van der Waals surface area (Å²) in [4.78, 5) is 37.6.